The molecule has 1 nitrogen and oxygen atoms in total. The molecule has 1 aliphatic rings. The van der Waals surface area contributed by atoms with Gasteiger partial charge in [0.2, 0.25) is 0 Å². The van der Waals surface area contributed by atoms with Crippen LogP contribution in [0.4, 0.5) is 0 Å². The number of hydrogen-bond donors (Lipinski definition) is 1. The molecule has 0 aliphatic heterocycles. The topological polar surface area (TPSA) is 12.0 Å². The van der Waals surface area contributed by atoms with E-state index in [1.807, 2.05) is 0 Å². The lowest BCUT2D eigenvalue weighted by Gasteiger charge is -2.21. The van der Waals surface area contributed by atoms with Crippen molar-refractivity contribution in [1.82, 2.24) is 5.32 Å². The van der Waals surface area contributed by atoms with Gasteiger partial charge >= 0.3 is 0 Å². The van der Waals surface area contributed by atoms with Crippen LogP contribution in [-0.4, -0.2) is 12.6 Å². The van der Waals surface area contributed by atoms with Crippen molar-refractivity contribution in [1.29, 1.82) is 0 Å². The first kappa shape index (κ1) is 13.6. The molecule has 2 rings (SSSR count). The molecule has 0 saturated heterocycles. The second-order valence-corrected chi connectivity index (χ2v) is 6.06. The van der Waals surface area contributed by atoms with E-state index in [4.69, 9.17) is 0 Å². The second-order valence-electron chi connectivity index (χ2n) is 6.06. The molecule has 1 aromatic rings. The van der Waals surface area contributed by atoms with E-state index in [0.29, 0.717) is 0 Å². The summed E-state index contributed by atoms with van der Waals surface area (Å²) in [5.41, 5.74) is 1.48. The van der Waals surface area contributed by atoms with E-state index in [-0.39, 0.29) is 0 Å². The summed E-state index contributed by atoms with van der Waals surface area (Å²) >= 11 is 0. The van der Waals surface area contributed by atoms with Crippen molar-refractivity contribution < 1.29 is 0 Å². The molecule has 1 N–H and O–H groups in total. The van der Waals surface area contributed by atoms with Gasteiger partial charge in [-0.05, 0) is 56.0 Å². The highest BCUT2D eigenvalue weighted by atomic mass is 14.9. The van der Waals surface area contributed by atoms with Gasteiger partial charge in [0.05, 0.1) is 0 Å². The monoisotopic (exact) mass is 245 g/mol. The number of hydrogen-bond acceptors (Lipinski definition) is 1. The number of nitrogens with one attached hydrogen (secondary N) is 1. The van der Waals surface area contributed by atoms with Crippen LogP contribution in [0.1, 0.15) is 45.1 Å². The van der Waals surface area contributed by atoms with Gasteiger partial charge in [-0.1, -0.05) is 44.2 Å². The molecule has 1 unspecified atom stereocenters. The van der Waals surface area contributed by atoms with Crippen molar-refractivity contribution in [2.45, 2.75) is 52.0 Å². The van der Waals surface area contributed by atoms with Gasteiger partial charge in [0.1, 0.15) is 0 Å². The maximum Gasteiger partial charge on any atom is 0.00683 e. The Morgan fingerprint density at radius 3 is 2.50 bits per heavy atom. The van der Waals surface area contributed by atoms with Crippen molar-refractivity contribution in [3.05, 3.63) is 35.9 Å². The Labute approximate surface area is 112 Å². The summed E-state index contributed by atoms with van der Waals surface area (Å²) in [4.78, 5) is 0. The SMILES string of the molecule is CC(C)C(CCCc1ccccc1)CNC1CC1. The maximum atomic E-state index is 3.69. The summed E-state index contributed by atoms with van der Waals surface area (Å²) in [5.74, 6) is 1.64. The van der Waals surface area contributed by atoms with E-state index in [1.54, 1.807) is 0 Å². The van der Waals surface area contributed by atoms with Gasteiger partial charge in [-0.25, -0.2) is 0 Å². The minimum absolute atomic E-state index is 0.798. The minimum Gasteiger partial charge on any atom is -0.314 e. The standard InChI is InChI=1S/C17H27N/c1-14(2)16(13-18-17-11-12-17)10-6-9-15-7-4-3-5-8-15/h3-5,7-8,14,16-18H,6,9-13H2,1-2H3. The van der Waals surface area contributed by atoms with Crippen LogP contribution >= 0.6 is 0 Å². The molecule has 0 spiro atoms. The molecule has 18 heavy (non-hydrogen) atoms. The second kappa shape index (κ2) is 6.94. The molecular weight excluding hydrogens is 218 g/mol. The summed E-state index contributed by atoms with van der Waals surface area (Å²) in [6.45, 7) is 5.95. The summed E-state index contributed by atoms with van der Waals surface area (Å²) < 4.78 is 0. The smallest absolute Gasteiger partial charge is 0.00683 e. The van der Waals surface area contributed by atoms with Crippen LogP contribution in [0.15, 0.2) is 30.3 Å². The molecule has 1 aliphatic carbocycles. The Morgan fingerprint density at radius 2 is 1.89 bits per heavy atom. The van der Waals surface area contributed by atoms with E-state index in [0.717, 1.165) is 17.9 Å². The third-order valence-electron chi connectivity index (χ3n) is 4.07. The molecule has 0 amide bonds. The molecular formula is C17H27N. The van der Waals surface area contributed by atoms with Gasteiger partial charge in [0.15, 0.2) is 0 Å². The summed E-state index contributed by atoms with van der Waals surface area (Å²) in [7, 11) is 0. The van der Waals surface area contributed by atoms with Crippen LogP contribution in [0.2, 0.25) is 0 Å². The van der Waals surface area contributed by atoms with E-state index >= 15 is 0 Å². The molecule has 0 aromatic heterocycles. The van der Waals surface area contributed by atoms with Crippen molar-refractivity contribution >= 4 is 0 Å². The molecule has 1 atom stereocenters. The molecule has 0 bridgehead atoms. The van der Waals surface area contributed by atoms with E-state index < -0.39 is 0 Å². The Morgan fingerprint density at radius 1 is 1.17 bits per heavy atom. The molecule has 0 heterocycles. The van der Waals surface area contributed by atoms with Crippen LogP contribution in [0, 0.1) is 11.8 Å². The quantitative estimate of drug-likeness (QED) is 0.729. The molecule has 1 fully saturated rings. The largest absolute Gasteiger partial charge is 0.314 e. The Hall–Kier alpha value is -0.820. The molecule has 1 aromatic carbocycles. The Bertz CT molecular complexity index is 327. The Kier molecular flexibility index (Phi) is 5.25. The van der Waals surface area contributed by atoms with Crippen molar-refractivity contribution in [2.75, 3.05) is 6.54 Å². The van der Waals surface area contributed by atoms with Crippen LogP contribution in [0.3, 0.4) is 0 Å². The Balaban J connectivity index is 1.68. The van der Waals surface area contributed by atoms with Crippen LogP contribution in [0.5, 0.6) is 0 Å². The average Bonchev–Trinajstić information content (AvgIpc) is 3.18. The number of benzene rings is 1. The first-order chi connectivity index (χ1) is 8.75. The highest BCUT2D eigenvalue weighted by Crippen LogP contribution is 2.22. The number of aryl methyl sites for hydroxylation is 1. The van der Waals surface area contributed by atoms with E-state index in [1.165, 1.54) is 44.2 Å². The lowest BCUT2D eigenvalue weighted by Crippen LogP contribution is -2.27. The predicted molar refractivity (Wildman–Crippen MR) is 78.7 cm³/mol. The molecule has 100 valence electrons. The van der Waals surface area contributed by atoms with Crippen molar-refractivity contribution in [3.63, 3.8) is 0 Å². The summed E-state index contributed by atoms with van der Waals surface area (Å²) in [5, 5.41) is 3.69. The molecule has 0 radical (unpaired) electrons. The fourth-order valence-electron chi connectivity index (χ4n) is 2.49. The summed E-state index contributed by atoms with van der Waals surface area (Å²) in [6.07, 6.45) is 6.70. The van der Waals surface area contributed by atoms with Crippen LogP contribution < -0.4 is 5.32 Å². The maximum absolute atomic E-state index is 3.69. The predicted octanol–water partition coefficient (Wildman–Crippen LogP) is 4.03. The van der Waals surface area contributed by atoms with E-state index in [9.17, 15) is 0 Å². The third-order valence-corrected chi connectivity index (χ3v) is 4.07. The lowest BCUT2D eigenvalue weighted by molar-refractivity contribution is 0.332. The lowest BCUT2D eigenvalue weighted by atomic mass is 9.89. The van der Waals surface area contributed by atoms with Gasteiger partial charge in [0.25, 0.3) is 0 Å². The first-order valence-electron chi connectivity index (χ1n) is 7.53. The van der Waals surface area contributed by atoms with E-state index in [2.05, 4.69) is 49.5 Å². The highest BCUT2D eigenvalue weighted by Gasteiger charge is 2.22. The summed E-state index contributed by atoms with van der Waals surface area (Å²) in [6, 6.07) is 11.7. The average molecular weight is 245 g/mol. The molecule has 1 saturated carbocycles. The van der Waals surface area contributed by atoms with Crippen LogP contribution in [0.25, 0.3) is 0 Å². The van der Waals surface area contributed by atoms with Gasteiger partial charge in [-0.2, -0.15) is 0 Å². The third kappa shape index (κ3) is 4.81. The van der Waals surface area contributed by atoms with Gasteiger partial charge in [-0.3, -0.25) is 0 Å². The van der Waals surface area contributed by atoms with Crippen LogP contribution in [-0.2, 0) is 6.42 Å². The zero-order valence-electron chi connectivity index (χ0n) is 11.9. The van der Waals surface area contributed by atoms with Gasteiger partial charge in [-0.15, -0.1) is 0 Å². The van der Waals surface area contributed by atoms with Gasteiger partial charge < -0.3 is 5.32 Å². The minimum atomic E-state index is 0.798. The number of rotatable bonds is 8. The fourth-order valence-corrected chi connectivity index (χ4v) is 2.49. The zero-order valence-corrected chi connectivity index (χ0v) is 11.9. The zero-order chi connectivity index (χ0) is 12.8. The fraction of sp³-hybridized carbons (Fsp3) is 0.647. The molecule has 1 heteroatoms. The van der Waals surface area contributed by atoms with Gasteiger partial charge in [0, 0.05) is 6.04 Å². The normalized spacial score (nSPS) is 17.1. The highest BCUT2D eigenvalue weighted by molar-refractivity contribution is 5.14. The van der Waals surface area contributed by atoms with Crippen molar-refractivity contribution in [2.24, 2.45) is 11.8 Å². The van der Waals surface area contributed by atoms with Crippen molar-refractivity contribution in [3.8, 4) is 0 Å². The first-order valence-corrected chi connectivity index (χ1v) is 7.53.